The Hall–Kier alpha value is -1.06. The second-order valence-corrected chi connectivity index (χ2v) is 12.0. The van der Waals surface area contributed by atoms with Crippen molar-refractivity contribution in [1.29, 1.82) is 0 Å². The van der Waals surface area contributed by atoms with E-state index in [0.29, 0.717) is 36.7 Å². The van der Waals surface area contributed by atoms with E-state index < -0.39 is 5.97 Å². The lowest BCUT2D eigenvalue weighted by atomic mass is 9.78. The molecule has 4 atom stereocenters. The molecule has 0 bridgehead atoms. The molecule has 220 valence electrons. The minimum absolute atomic E-state index is 0.0344. The van der Waals surface area contributed by atoms with Gasteiger partial charge in [0.25, 0.3) is 0 Å². The van der Waals surface area contributed by atoms with Gasteiger partial charge in [-0.15, -0.1) is 0 Å². The summed E-state index contributed by atoms with van der Waals surface area (Å²) in [6.07, 6.45) is 20.8. The minimum atomic E-state index is -0.681. The summed E-state index contributed by atoms with van der Waals surface area (Å²) >= 11 is 0. The molecule has 4 heteroatoms. The SMILES string of the molecule is CCCCC(CC)COC(=O)C(CC(CC)CCCC)CC(CCCCCCCCCC(=O)O)C(C)C. The molecule has 0 aromatic heterocycles. The van der Waals surface area contributed by atoms with Gasteiger partial charge in [-0.3, -0.25) is 9.59 Å². The monoisotopic (exact) mass is 524 g/mol. The second-order valence-electron chi connectivity index (χ2n) is 12.0. The molecule has 0 amide bonds. The van der Waals surface area contributed by atoms with Crippen molar-refractivity contribution in [2.45, 2.75) is 164 Å². The first kappa shape index (κ1) is 35.9. The van der Waals surface area contributed by atoms with Crippen molar-refractivity contribution in [3.63, 3.8) is 0 Å². The van der Waals surface area contributed by atoms with Crippen molar-refractivity contribution in [2.75, 3.05) is 6.61 Å². The Morgan fingerprint density at radius 2 is 1.22 bits per heavy atom. The molecule has 4 unspecified atom stereocenters. The molecule has 0 saturated heterocycles. The van der Waals surface area contributed by atoms with Crippen LogP contribution in [0.4, 0.5) is 0 Å². The number of rotatable bonds is 26. The van der Waals surface area contributed by atoms with Gasteiger partial charge in [0.15, 0.2) is 0 Å². The van der Waals surface area contributed by atoms with Crippen LogP contribution >= 0.6 is 0 Å². The van der Waals surface area contributed by atoms with Crippen LogP contribution < -0.4 is 0 Å². The largest absolute Gasteiger partial charge is 0.481 e. The Balaban J connectivity index is 4.88. The number of hydrogen-bond acceptors (Lipinski definition) is 3. The molecule has 0 aromatic carbocycles. The van der Waals surface area contributed by atoms with Gasteiger partial charge in [-0.25, -0.2) is 0 Å². The molecule has 0 radical (unpaired) electrons. The molecular formula is C33H64O4. The lowest BCUT2D eigenvalue weighted by Crippen LogP contribution is -2.27. The standard InChI is InChI=1S/C33H64O4/c1-7-11-20-28(9-3)24-31(33(36)37-26-29(10-4)21-12-8-2)25-30(27(5)6)22-18-16-14-13-15-17-19-23-32(34)35/h27-31H,7-26H2,1-6H3,(H,34,35). The van der Waals surface area contributed by atoms with Crippen molar-refractivity contribution in [3.8, 4) is 0 Å². The van der Waals surface area contributed by atoms with Gasteiger partial charge in [-0.05, 0) is 49.4 Å². The molecule has 0 heterocycles. The normalized spacial score (nSPS) is 14.9. The van der Waals surface area contributed by atoms with Crippen LogP contribution in [0.1, 0.15) is 164 Å². The first-order valence-electron chi connectivity index (χ1n) is 16.2. The summed E-state index contributed by atoms with van der Waals surface area (Å²) in [4.78, 5) is 24.0. The van der Waals surface area contributed by atoms with Crippen LogP contribution in [0.15, 0.2) is 0 Å². The maximum Gasteiger partial charge on any atom is 0.308 e. The number of carboxylic acid groups (broad SMARTS) is 1. The number of carboxylic acids is 1. The first-order valence-corrected chi connectivity index (χ1v) is 16.2. The van der Waals surface area contributed by atoms with E-state index in [1.807, 2.05) is 0 Å². The summed E-state index contributed by atoms with van der Waals surface area (Å²) in [7, 11) is 0. The van der Waals surface area contributed by atoms with Crippen molar-refractivity contribution in [2.24, 2.45) is 29.6 Å². The molecule has 0 rings (SSSR count). The van der Waals surface area contributed by atoms with Gasteiger partial charge in [0.2, 0.25) is 0 Å². The molecule has 0 aliphatic heterocycles. The van der Waals surface area contributed by atoms with Gasteiger partial charge in [0, 0.05) is 6.42 Å². The summed E-state index contributed by atoms with van der Waals surface area (Å²) in [6.45, 7) is 14.2. The van der Waals surface area contributed by atoms with E-state index in [1.165, 1.54) is 64.2 Å². The first-order chi connectivity index (χ1) is 17.8. The Kier molecular flexibility index (Phi) is 23.3. The van der Waals surface area contributed by atoms with Gasteiger partial charge in [-0.1, -0.05) is 131 Å². The quantitative estimate of drug-likeness (QED) is 0.0902. The fourth-order valence-electron chi connectivity index (χ4n) is 5.54. The smallest absolute Gasteiger partial charge is 0.308 e. The highest BCUT2D eigenvalue weighted by Gasteiger charge is 2.28. The number of aliphatic carboxylic acids is 1. The summed E-state index contributed by atoms with van der Waals surface area (Å²) < 4.78 is 6.01. The summed E-state index contributed by atoms with van der Waals surface area (Å²) in [5.41, 5.74) is 0. The third kappa shape index (κ3) is 19.6. The molecule has 0 spiro atoms. The summed E-state index contributed by atoms with van der Waals surface area (Å²) in [5.74, 6) is 1.68. The fourth-order valence-corrected chi connectivity index (χ4v) is 5.54. The van der Waals surface area contributed by atoms with Gasteiger partial charge in [0.05, 0.1) is 12.5 Å². The molecule has 0 aliphatic carbocycles. The third-order valence-corrected chi connectivity index (χ3v) is 8.49. The average molecular weight is 525 g/mol. The van der Waals surface area contributed by atoms with E-state index in [1.54, 1.807) is 0 Å². The summed E-state index contributed by atoms with van der Waals surface area (Å²) in [5, 5.41) is 8.75. The maximum absolute atomic E-state index is 13.4. The van der Waals surface area contributed by atoms with Crippen LogP contribution in [0.2, 0.25) is 0 Å². The van der Waals surface area contributed by atoms with E-state index in [0.717, 1.165) is 51.4 Å². The topological polar surface area (TPSA) is 63.6 Å². The zero-order valence-electron chi connectivity index (χ0n) is 25.7. The van der Waals surface area contributed by atoms with Crippen molar-refractivity contribution < 1.29 is 19.4 Å². The zero-order chi connectivity index (χ0) is 27.9. The van der Waals surface area contributed by atoms with Crippen molar-refractivity contribution >= 4 is 11.9 Å². The van der Waals surface area contributed by atoms with E-state index in [9.17, 15) is 9.59 Å². The predicted octanol–water partition coefficient (Wildman–Crippen LogP) is 10.2. The van der Waals surface area contributed by atoms with Crippen LogP contribution in [-0.2, 0) is 14.3 Å². The van der Waals surface area contributed by atoms with Gasteiger partial charge in [-0.2, -0.15) is 0 Å². The highest BCUT2D eigenvalue weighted by atomic mass is 16.5. The third-order valence-electron chi connectivity index (χ3n) is 8.49. The lowest BCUT2D eigenvalue weighted by molar-refractivity contribution is -0.151. The fraction of sp³-hybridized carbons (Fsp3) is 0.939. The number of carbonyl (C=O) groups is 2. The second kappa shape index (κ2) is 24.0. The van der Waals surface area contributed by atoms with E-state index in [4.69, 9.17) is 9.84 Å². The lowest BCUT2D eigenvalue weighted by Gasteiger charge is -2.28. The molecule has 0 fully saturated rings. The van der Waals surface area contributed by atoms with Crippen LogP contribution in [0, 0.1) is 29.6 Å². The molecule has 37 heavy (non-hydrogen) atoms. The molecule has 4 nitrogen and oxygen atoms in total. The van der Waals surface area contributed by atoms with Crippen LogP contribution in [0.25, 0.3) is 0 Å². The minimum Gasteiger partial charge on any atom is -0.481 e. The number of carbonyl (C=O) groups excluding carboxylic acids is 1. The maximum atomic E-state index is 13.4. The van der Waals surface area contributed by atoms with Gasteiger partial charge < -0.3 is 9.84 Å². The average Bonchev–Trinajstić information content (AvgIpc) is 2.87. The highest BCUT2D eigenvalue weighted by Crippen LogP contribution is 2.32. The molecule has 0 aromatic rings. The van der Waals surface area contributed by atoms with E-state index in [-0.39, 0.29) is 11.9 Å². The summed E-state index contributed by atoms with van der Waals surface area (Å²) in [6, 6.07) is 0. The Labute approximate surface area is 231 Å². The van der Waals surface area contributed by atoms with Crippen molar-refractivity contribution in [1.82, 2.24) is 0 Å². The Morgan fingerprint density at radius 3 is 1.73 bits per heavy atom. The van der Waals surface area contributed by atoms with Crippen LogP contribution in [0.3, 0.4) is 0 Å². The van der Waals surface area contributed by atoms with Crippen LogP contribution in [0.5, 0.6) is 0 Å². The van der Waals surface area contributed by atoms with Gasteiger partial charge in [0.1, 0.15) is 0 Å². The molecular weight excluding hydrogens is 460 g/mol. The zero-order valence-corrected chi connectivity index (χ0v) is 25.7. The predicted molar refractivity (Wildman–Crippen MR) is 158 cm³/mol. The highest BCUT2D eigenvalue weighted by molar-refractivity contribution is 5.72. The molecule has 1 N–H and O–H groups in total. The van der Waals surface area contributed by atoms with Gasteiger partial charge >= 0.3 is 11.9 Å². The Bertz CT molecular complexity index is 544. The molecule has 0 aliphatic rings. The number of ether oxygens (including phenoxy) is 1. The van der Waals surface area contributed by atoms with Crippen LogP contribution in [-0.4, -0.2) is 23.7 Å². The molecule has 0 saturated carbocycles. The number of unbranched alkanes of at least 4 members (excludes halogenated alkanes) is 8. The van der Waals surface area contributed by atoms with E-state index >= 15 is 0 Å². The van der Waals surface area contributed by atoms with Crippen molar-refractivity contribution in [3.05, 3.63) is 0 Å². The number of hydrogen-bond donors (Lipinski definition) is 1. The Morgan fingerprint density at radius 1 is 0.676 bits per heavy atom. The van der Waals surface area contributed by atoms with E-state index in [2.05, 4.69) is 41.5 Å². The number of esters is 1.